The lowest BCUT2D eigenvalue weighted by atomic mass is 10.1. The normalized spacial score (nSPS) is 19.2. The van der Waals surface area contributed by atoms with Crippen LogP contribution in [0, 0.1) is 0 Å². The lowest BCUT2D eigenvalue weighted by Crippen LogP contribution is -2.39. The number of benzene rings is 1. The van der Waals surface area contributed by atoms with Gasteiger partial charge in [0.05, 0.1) is 17.9 Å². The van der Waals surface area contributed by atoms with Crippen molar-refractivity contribution in [3.05, 3.63) is 36.2 Å². The van der Waals surface area contributed by atoms with Crippen LogP contribution in [0.15, 0.2) is 35.4 Å². The third-order valence-electron chi connectivity index (χ3n) is 3.39. The zero-order valence-corrected chi connectivity index (χ0v) is 12.4. The summed E-state index contributed by atoms with van der Waals surface area (Å²) in [5, 5.41) is 11.5. The predicted octanol–water partition coefficient (Wildman–Crippen LogP) is 2.02. The van der Waals surface area contributed by atoms with E-state index in [0.29, 0.717) is 0 Å². The average molecular weight is 290 g/mol. The Morgan fingerprint density at radius 1 is 1.50 bits per heavy atom. The number of aryl methyl sites for hydroxylation is 1. The standard InChI is InChI=1S/C14H18N4OS/c1-3-15-14(10-8-16-17-18(10)2)12-9-20-13-7-5-4-6-11(13)19-12/h4-8,12,14-15H,3,9H2,1-2H3. The number of likely N-dealkylation sites (N-methyl/N-ethyl adjacent to an activating group) is 1. The quantitative estimate of drug-likeness (QED) is 0.933. The van der Waals surface area contributed by atoms with Crippen molar-refractivity contribution in [2.24, 2.45) is 7.05 Å². The summed E-state index contributed by atoms with van der Waals surface area (Å²) in [6.07, 6.45) is 1.88. The number of hydrogen-bond donors (Lipinski definition) is 1. The second-order valence-corrected chi connectivity index (χ2v) is 5.79. The van der Waals surface area contributed by atoms with Gasteiger partial charge in [-0.15, -0.1) is 16.9 Å². The van der Waals surface area contributed by atoms with Crippen LogP contribution < -0.4 is 10.1 Å². The maximum Gasteiger partial charge on any atom is 0.133 e. The van der Waals surface area contributed by atoms with Crippen LogP contribution in [0.5, 0.6) is 5.75 Å². The van der Waals surface area contributed by atoms with Gasteiger partial charge in [-0.05, 0) is 18.7 Å². The van der Waals surface area contributed by atoms with Crippen molar-refractivity contribution in [1.29, 1.82) is 0 Å². The minimum absolute atomic E-state index is 0.0760. The number of para-hydroxylation sites is 1. The largest absolute Gasteiger partial charge is 0.486 e. The van der Waals surface area contributed by atoms with E-state index in [1.54, 1.807) is 0 Å². The van der Waals surface area contributed by atoms with E-state index in [4.69, 9.17) is 4.74 Å². The Kier molecular flexibility index (Phi) is 3.93. The molecule has 20 heavy (non-hydrogen) atoms. The van der Waals surface area contributed by atoms with Crippen molar-refractivity contribution in [3.63, 3.8) is 0 Å². The molecule has 0 amide bonds. The van der Waals surface area contributed by atoms with E-state index in [0.717, 1.165) is 23.7 Å². The van der Waals surface area contributed by atoms with E-state index in [1.807, 2.05) is 47.9 Å². The Bertz CT molecular complexity index is 586. The van der Waals surface area contributed by atoms with E-state index in [1.165, 1.54) is 4.90 Å². The number of thioether (sulfide) groups is 1. The fraction of sp³-hybridized carbons (Fsp3) is 0.429. The lowest BCUT2D eigenvalue weighted by Gasteiger charge is -2.32. The van der Waals surface area contributed by atoms with E-state index >= 15 is 0 Å². The molecule has 2 heterocycles. The van der Waals surface area contributed by atoms with Crippen molar-refractivity contribution in [2.45, 2.75) is 24.0 Å². The summed E-state index contributed by atoms with van der Waals surface area (Å²) in [6.45, 7) is 2.97. The highest BCUT2D eigenvalue weighted by molar-refractivity contribution is 7.99. The molecule has 1 aliphatic rings. The molecule has 2 atom stereocenters. The lowest BCUT2D eigenvalue weighted by molar-refractivity contribution is 0.163. The van der Waals surface area contributed by atoms with Crippen LogP contribution >= 0.6 is 11.8 Å². The van der Waals surface area contributed by atoms with Crippen LogP contribution in [-0.2, 0) is 7.05 Å². The molecular weight excluding hydrogens is 272 g/mol. The molecule has 0 aliphatic carbocycles. The highest BCUT2D eigenvalue weighted by Gasteiger charge is 2.30. The number of hydrogen-bond acceptors (Lipinski definition) is 5. The molecule has 5 nitrogen and oxygen atoms in total. The molecule has 0 fully saturated rings. The Balaban J connectivity index is 1.85. The van der Waals surface area contributed by atoms with Gasteiger partial charge in [-0.3, -0.25) is 4.68 Å². The van der Waals surface area contributed by atoms with Crippen molar-refractivity contribution in [1.82, 2.24) is 20.3 Å². The Labute approximate surface area is 122 Å². The molecule has 3 rings (SSSR count). The topological polar surface area (TPSA) is 52.0 Å². The van der Waals surface area contributed by atoms with E-state index in [-0.39, 0.29) is 12.1 Å². The average Bonchev–Trinajstić information content (AvgIpc) is 2.90. The first kappa shape index (κ1) is 13.5. The summed E-state index contributed by atoms with van der Waals surface area (Å²) in [6, 6.07) is 8.28. The van der Waals surface area contributed by atoms with Gasteiger partial charge in [0.25, 0.3) is 0 Å². The van der Waals surface area contributed by atoms with Gasteiger partial charge in [0, 0.05) is 17.7 Å². The number of ether oxygens (including phenoxy) is 1. The molecule has 106 valence electrons. The van der Waals surface area contributed by atoms with E-state index in [2.05, 4.69) is 28.6 Å². The third-order valence-corrected chi connectivity index (χ3v) is 4.54. The zero-order valence-electron chi connectivity index (χ0n) is 11.6. The molecule has 1 aromatic carbocycles. The summed E-state index contributed by atoms with van der Waals surface area (Å²) in [7, 11) is 1.91. The van der Waals surface area contributed by atoms with Gasteiger partial charge in [-0.25, -0.2) is 0 Å². The monoisotopic (exact) mass is 290 g/mol. The molecule has 2 unspecified atom stereocenters. The van der Waals surface area contributed by atoms with Crippen molar-refractivity contribution in [2.75, 3.05) is 12.3 Å². The fourth-order valence-electron chi connectivity index (χ4n) is 2.43. The number of aromatic nitrogens is 3. The molecule has 0 spiro atoms. The first-order chi connectivity index (χ1) is 9.79. The first-order valence-corrected chi connectivity index (χ1v) is 7.74. The number of nitrogens with one attached hydrogen (secondary N) is 1. The van der Waals surface area contributed by atoms with Gasteiger partial charge in [0.15, 0.2) is 0 Å². The first-order valence-electron chi connectivity index (χ1n) is 6.76. The highest BCUT2D eigenvalue weighted by Crippen LogP contribution is 2.38. The second kappa shape index (κ2) is 5.85. The number of rotatable bonds is 4. The van der Waals surface area contributed by atoms with Crippen molar-refractivity contribution < 1.29 is 4.74 Å². The number of nitrogens with zero attached hydrogens (tertiary/aromatic N) is 3. The molecule has 0 saturated carbocycles. The molecule has 0 bridgehead atoms. The van der Waals surface area contributed by atoms with Crippen molar-refractivity contribution in [3.8, 4) is 5.75 Å². The van der Waals surface area contributed by atoms with Crippen LogP contribution in [0.1, 0.15) is 18.7 Å². The van der Waals surface area contributed by atoms with Crippen LogP contribution in [0.3, 0.4) is 0 Å². The van der Waals surface area contributed by atoms with Gasteiger partial charge in [0.1, 0.15) is 11.9 Å². The highest BCUT2D eigenvalue weighted by atomic mass is 32.2. The summed E-state index contributed by atoms with van der Waals surface area (Å²) in [4.78, 5) is 1.21. The molecular formula is C14H18N4OS. The van der Waals surface area contributed by atoms with Gasteiger partial charge in [0.2, 0.25) is 0 Å². The minimum atomic E-state index is 0.0760. The molecule has 1 N–H and O–H groups in total. The number of fused-ring (bicyclic) bond motifs is 1. The summed E-state index contributed by atoms with van der Waals surface area (Å²) >= 11 is 1.84. The van der Waals surface area contributed by atoms with Gasteiger partial charge in [-0.2, -0.15) is 0 Å². The Morgan fingerprint density at radius 3 is 3.10 bits per heavy atom. The maximum absolute atomic E-state index is 6.17. The van der Waals surface area contributed by atoms with Crippen LogP contribution in [0.2, 0.25) is 0 Å². The molecule has 1 aromatic heterocycles. The molecule has 0 saturated heterocycles. The van der Waals surface area contributed by atoms with Crippen LogP contribution in [0.4, 0.5) is 0 Å². The van der Waals surface area contributed by atoms with Gasteiger partial charge >= 0.3 is 0 Å². The maximum atomic E-state index is 6.17. The second-order valence-electron chi connectivity index (χ2n) is 4.73. The van der Waals surface area contributed by atoms with Crippen LogP contribution in [-0.4, -0.2) is 33.4 Å². The molecule has 2 aromatic rings. The SMILES string of the molecule is CCNC(c1cnnn1C)C1CSc2ccccc2O1. The molecule has 1 aliphatic heterocycles. The summed E-state index contributed by atoms with van der Waals surface area (Å²) in [5.74, 6) is 1.88. The predicted molar refractivity (Wildman–Crippen MR) is 79.0 cm³/mol. The summed E-state index contributed by atoms with van der Waals surface area (Å²) < 4.78 is 7.98. The summed E-state index contributed by atoms with van der Waals surface area (Å²) in [5.41, 5.74) is 1.05. The third kappa shape index (κ3) is 2.53. The molecule has 6 heteroatoms. The van der Waals surface area contributed by atoms with E-state index < -0.39 is 0 Å². The molecule has 0 radical (unpaired) electrons. The fourth-order valence-corrected chi connectivity index (χ4v) is 3.46. The van der Waals surface area contributed by atoms with Crippen molar-refractivity contribution >= 4 is 11.8 Å². The Morgan fingerprint density at radius 2 is 2.35 bits per heavy atom. The van der Waals surface area contributed by atoms with Gasteiger partial charge in [-0.1, -0.05) is 24.3 Å². The van der Waals surface area contributed by atoms with Gasteiger partial charge < -0.3 is 10.1 Å². The van der Waals surface area contributed by atoms with Crippen LogP contribution in [0.25, 0.3) is 0 Å². The smallest absolute Gasteiger partial charge is 0.133 e. The minimum Gasteiger partial charge on any atom is -0.486 e. The zero-order chi connectivity index (χ0) is 13.9. The van der Waals surface area contributed by atoms with E-state index in [9.17, 15) is 0 Å². The Hall–Kier alpha value is -1.53.